The molecule has 3 nitrogen and oxygen atoms in total. The van der Waals surface area contributed by atoms with Crippen molar-refractivity contribution in [2.75, 3.05) is 5.73 Å². The van der Waals surface area contributed by atoms with Gasteiger partial charge in [0.25, 0.3) is 0 Å². The van der Waals surface area contributed by atoms with Crippen LogP contribution in [0.15, 0.2) is 18.2 Å². The molecule has 1 aromatic carbocycles. The average Bonchev–Trinajstić information content (AvgIpc) is 2.08. The van der Waals surface area contributed by atoms with Gasteiger partial charge in [0.15, 0.2) is 11.6 Å². The van der Waals surface area contributed by atoms with E-state index in [2.05, 4.69) is 0 Å². The van der Waals surface area contributed by atoms with Crippen LogP contribution >= 0.6 is 0 Å². The Morgan fingerprint density at radius 3 is 2.25 bits per heavy atom. The Morgan fingerprint density at radius 1 is 1.25 bits per heavy atom. The second-order valence-corrected chi connectivity index (χ2v) is 4.86. The third-order valence-electron chi connectivity index (χ3n) is 2.79. The van der Waals surface area contributed by atoms with Gasteiger partial charge in [0, 0.05) is 11.8 Å². The molecule has 0 aliphatic rings. The summed E-state index contributed by atoms with van der Waals surface area (Å²) in [6, 6.07) is 4.20. The predicted molar refractivity (Wildman–Crippen MR) is 61.8 cm³/mol. The van der Waals surface area contributed by atoms with Gasteiger partial charge in [-0.2, -0.15) is 0 Å². The molecule has 0 radical (unpaired) electrons. The Kier molecular flexibility index (Phi) is 3.15. The van der Waals surface area contributed by atoms with E-state index in [0.717, 1.165) is 0 Å². The van der Waals surface area contributed by atoms with Gasteiger partial charge in [-0.15, -0.1) is 0 Å². The van der Waals surface area contributed by atoms with E-state index in [-0.39, 0.29) is 5.75 Å². The van der Waals surface area contributed by atoms with Crippen LogP contribution in [0.5, 0.6) is 5.75 Å². The standard InChI is InChI=1S/C12H18FNO2/c1-11(2,15)12(3,4)16-10-6-5-8(14)7-9(10)13/h5-7,15H,14H2,1-4H3. The molecular weight excluding hydrogens is 209 g/mol. The first-order valence-electron chi connectivity index (χ1n) is 5.10. The second kappa shape index (κ2) is 3.94. The topological polar surface area (TPSA) is 55.5 Å². The predicted octanol–water partition coefficient (Wildman–Crippen LogP) is 2.34. The fourth-order valence-electron chi connectivity index (χ4n) is 1.000. The number of halogens is 1. The van der Waals surface area contributed by atoms with Gasteiger partial charge in [-0.1, -0.05) is 0 Å². The zero-order chi connectivity index (χ0) is 12.6. The molecular formula is C12H18FNO2. The summed E-state index contributed by atoms with van der Waals surface area (Å²) in [5.41, 5.74) is 3.79. The minimum absolute atomic E-state index is 0.0846. The van der Waals surface area contributed by atoms with Crippen molar-refractivity contribution in [3.8, 4) is 5.75 Å². The third kappa shape index (κ3) is 2.64. The lowest BCUT2D eigenvalue weighted by Gasteiger charge is -2.37. The Labute approximate surface area is 95.0 Å². The number of anilines is 1. The summed E-state index contributed by atoms with van der Waals surface area (Å²) in [5, 5.41) is 9.88. The first kappa shape index (κ1) is 12.8. The van der Waals surface area contributed by atoms with E-state index in [1.165, 1.54) is 12.1 Å². The molecule has 3 N–H and O–H groups in total. The van der Waals surface area contributed by atoms with E-state index in [0.29, 0.717) is 5.69 Å². The summed E-state index contributed by atoms with van der Waals surface area (Å²) >= 11 is 0. The van der Waals surface area contributed by atoms with Crippen LogP contribution in [0.4, 0.5) is 10.1 Å². The average molecular weight is 227 g/mol. The molecule has 0 aliphatic carbocycles. The summed E-state index contributed by atoms with van der Waals surface area (Å²) in [6.07, 6.45) is 0. The minimum atomic E-state index is -1.08. The lowest BCUT2D eigenvalue weighted by atomic mass is 9.89. The molecule has 0 unspecified atom stereocenters. The quantitative estimate of drug-likeness (QED) is 0.779. The van der Waals surface area contributed by atoms with Crippen molar-refractivity contribution in [2.24, 2.45) is 0 Å². The number of ether oxygens (including phenoxy) is 1. The van der Waals surface area contributed by atoms with Crippen molar-refractivity contribution in [1.29, 1.82) is 0 Å². The highest BCUT2D eigenvalue weighted by atomic mass is 19.1. The zero-order valence-corrected chi connectivity index (χ0v) is 10.0. The van der Waals surface area contributed by atoms with Crippen molar-refractivity contribution in [3.05, 3.63) is 24.0 Å². The summed E-state index contributed by atoms with van der Waals surface area (Å²) in [5.74, 6) is -0.446. The second-order valence-electron chi connectivity index (χ2n) is 4.86. The minimum Gasteiger partial charge on any atom is -0.482 e. The Balaban J connectivity index is 2.97. The molecule has 0 aromatic heterocycles. The highest BCUT2D eigenvalue weighted by molar-refractivity contribution is 5.43. The number of nitrogens with two attached hydrogens (primary N) is 1. The molecule has 0 fully saturated rings. The van der Waals surface area contributed by atoms with Gasteiger partial charge >= 0.3 is 0 Å². The number of hydrogen-bond acceptors (Lipinski definition) is 3. The summed E-state index contributed by atoms with van der Waals surface area (Å²) in [4.78, 5) is 0. The normalized spacial score (nSPS) is 12.6. The fraction of sp³-hybridized carbons (Fsp3) is 0.500. The molecule has 1 rings (SSSR count). The summed E-state index contributed by atoms with van der Waals surface area (Å²) < 4.78 is 19.0. The van der Waals surface area contributed by atoms with Crippen molar-refractivity contribution < 1.29 is 14.2 Å². The van der Waals surface area contributed by atoms with Crippen LogP contribution in [0.1, 0.15) is 27.7 Å². The van der Waals surface area contributed by atoms with E-state index < -0.39 is 17.0 Å². The van der Waals surface area contributed by atoms with Crippen molar-refractivity contribution in [2.45, 2.75) is 38.9 Å². The molecule has 1 aromatic rings. The van der Waals surface area contributed by atoms with E-state index in [4.69, 9.17) is 10.5 Å². The molecule has 0 saturated carbocycles. The summed E-state index contributed by atoms with van der Waals surface area (Å²) in [7, 11) is 0. The Bertz CT molecular complexity index is 383. The number of aliphatic hydroxyl groups is 1. The van der Waals surface area contributed by atoms with Gasteiger partial charge in [-0.25, -0.2) is 4.39 Å². The van der Waals surface area contributed by atoms with Gasteiger partial charge in [0.1, 0.15) is 5.60 Å². The lowest BCUT2D eigenvalue weighted by molar-refractivity contribution is -0.0920. The SMILES string of the molecule is CC(C)(O)C(C)(C)Oc1ccc(N)cc1F. The fourth-order valence-corrected chi connectivity index (χ4v) is 1.000. The van der Waals surface area contributed by atoms with Crippen LogP contribution < -0.4 is 10.5 Å². The maximum Gasteiger partial charge on any atom is 0.167 e. The molecule has 4 heteroatoms. The third-order valence-corrected chi connectivity index (χ3v) is 2.79. The number of rotatable bonds is 3. The van der Waals surface area contributed by atoms with E-state index in [9.17, 15) is 9.50 Å². The number of benzene rings is 1. The molecule has 16 heavy (non-hydrogen) atoms. The highest BCUT2D eigenvalue weighted by Gasteiger charge is 2.37. The molecule has 0 amide bonds. The molecule has 0 atom stereocenters. The van der Waals surface area contributed by atoms with Crippen molar-refractivity contribution in [3.63, 3.8) is 0 Å². The van der Waals surface area contributed by atoms with Gasteiger partial charge in [0.05, 0.1) is 5.60 Å². The monoisotopic (exact) mass is 227 g/mol. The van der Waals surface area contributed by atoms with Crippen molar-refractivity contribution in [1.82, 2.24) is 0 Å². The lowest BCUT2D eigenvalue weighted by Crippen LogP contribution is -2.49. The van der Waals surface area contributed by atoms with Crippen molar-refractivity contribution >= 4 is 5.69 Å². The maximum atomic E-state index is 13.5. The van der Waals surface area contributed by atoms with Crippen LogP contribution in [-0.4, -0.2) is 16.3 Å². The molecule has 0 spiro atoms. The first-order chi connectivity index (χ1) is 7.13. The molecule has 0 aliphatic heterocycles. The Morgan fingerprint density at radius 2 is 1.81 bits per heavy atom. The van der Waals surface area contributed by atoms with E-state index in [1.54, 1.807) is 33.8 Å². The van der Waals surface area contributed by atoms with Crippen LogP contribution in [0.2, 0.25) is 0 Å². The number of hydrogen-bond donors (Lipinski definition) is 2. The van der Waals surface area contributed by atoms with E-state index in [1.807, 2.05) is 0 Å². The largest absolute Gasteiger partial charge is 0.482 e. The zero-order valence-electron chi connectivity index (χ0n) is 10.0. The maximum absolute atomic E-state index is 13.5. The smallest absolute Gasteiger partial charge is 0.167 e. The Hall–Kier alpha value is -1.29. The van der Waals surface area contributed by atoms with Gasteiger partial charge in [0.2, 0.25) is 0 Å². The number of nitrogen functional groups attached to an aromatic ring is 1. The highest BCUT2D eigenvalue weighted by Crippen LogP contribution is 2.30. The van der Waals surface area contributed by atoms with Crippen LogP contribution in [0, 0.1) is 5.82 Å². The van der Waals surface area contributed by atoms with E-state index >= 15 is 0 Å². The van der Waals surface area contributed by atoms with Gasteiger partial charge < -0.3 is 15.6 Å². The summed E-state index contributed by atoms with van der Waals surface area (Å²) in [6.45, 7) is 6.62. The first-order valence-corrected chi connectivity index (χ1v) is 5.10. The molecule has 0 saturated heterocycles. The van der Waals surface area contributed by atoms with Crippen LogP contribution in [0.25, 0.3) is 0 Å². The van der Waals surface area contributed by atoms with Crippen LogP contribution in [-0.2, 0) is 0 Å². The molecule has 0 bridgehead atoms. The van der Waals surface area contributed by atoms with Gasteiger partial charge in [-0.05, 0) is 39.8 Å². The molecule has 0 heterocycles. The molecule has 90 valence electrons. The van der Waals surface area contributed by atoms with Gasteiger partial charge in [-0.3, -0.25) is 0 Å². The van der Waals surface area contributed by atoms with Crippen LogP contribution in [0.3, 0.4) is 0 Å².